The van der Waals surface area contributed by atoms with E-state index in [0.717, 1.165) is 11.6 Å². The fourth-order valence-corrected chi connectivity index (χ4v) is 3.75. The Bertz CT molecular complexity index is 626. The molecule has 0 aromatic carbocycles. The largest absolute Gasteiger partial charge is 0.433 e. The second kappa shape index (κ2) is 3.87. The van der Waals surface area contributed by atoms with Gasteiger partial charge in [-0.3, -0.25) is 9.89 Å². The molecule has 1 saturated heterocycles. The maximum atomic E-state index is 12.6. The lowest BCUT2D eigenvalue weighted by atomic mass is 10.2. The zero-order chi connectivity index (χ0) is 13.7. The van der Waals surface area contributed by atoms with Crippen LogP contribution in [0, 0.1) is 6.92 Å². The van der Waals surface area contributed by atoms with Crippen molar-refractivity contribution in [2.45, 2.75) is 25.6 Å². The van der Waals surface area contributed by atoms with Crippen LogP contribution in [0.15, 0.2) is 4.79 Å². The highest BCUT2D eigenvalue weighted by Gasteiger charge is 2.38. The summed E-state index contributed by atoms with van der Waals surface area (Å²) in [6, 6.07) is -0.739. The highest BCUT2D eigenvalue weighted by molar-refractivity contribution is 7.91. The van der Waals surface area contributed by atoms with Gasteiger partial charge in [-0.05, 0) is 13.3 Å². The molecule has 1 aromatic rings. The van der Waals surface area contributed by atoms with Gasteiger partial charge >= 0.3 is 6.18 Å². The molecular weight excluding hydrogens is 273 g/mol. The number of alkyl halides is 3. The van der Waals surface area contributed by atoms with Gasteiger partial charge in [0.25, 0.3) is 5.56 Å². The summed E-state index contributed by atoms with van der Waals surface area (Å²) in [4.78, 5) is 11.7. The van der Waals surface area contributed by atoms with Crippen LogP contribution in [0.1, 0.15) is 23.7 Å². The van der Waals surface area contributed by atoms with Crippen molar-refractivity contribution in [2.75, 3.05) is 11.5 Å². The molecule has 5 nitrogen and oxygen atoms in total. The topological polar surface area (TPSA) is 71.9 Å². The Morgan fingerprint density at radius 1 is 1.39 bits per heavy atom. The van der Waals surface area contributed by atoms with Crippen molar-refractivity contribution >= 4 is 9.84 Å². The van der Waals surface area contributed by atoms with Crippen molar-refractivity contribution in [1.82, 2.24) is 9.78 Å². The molecule has 0 saturated carbocycles. The van der Waals surface area contributed by atoms with Crippen molar-refractivity contribution in [3.63, 3.8) is 0 Å². The van der Waals surface area contributed by atoms with Gasteiger partial charge in [0.15, 0.2) is 9.84 Å². The van der Waals surface area contributed by atoms with Crippen LogP contribution in [-0.2, 0) is 16.0 Å². The molecule has 2 heterocycles. The summed E-state index contributed by atoms with van der Waals surface area (Å²) < 4.78 is 61.0. The minimum atomic E-state index is -4.65. The highest BCUT2D eigenvalue weighted by atomic mass is 32.2. The first-order valence-electron chi connectivity index (χ1n) is 5.20. The number of nitrogens with zero attached hydrogens (tertiary/aromatic N) is 1. The number of sulfone groups is 1. The Morgan fingerprint density at radius 3 is 2.39 bits per heavy atom. The quantitative estimate of drug-likeness (QED) is 0.831. The third-order valence-corrected chi connectivity index (χ3v) is 4.75. The van der Waals surface area contributed by atoms with E-state index in [-0.39, 0.29) is 17.9 Å². The number of H-pyrrole nitrogens is 1. The maximum Gasteiger partial charge on any atom is 0.433 e. The van der Waals surface area contributed by atoms with Gasteiger partial charge in [0.1, 0.15) is 5.69 Å². The SMILES string of the molecule is Cc1c(C(F)(F)F)[nH]n(C2CCS(=O)(=O)C2)c1=O. The molecule has 18 heavy (non-hydrogen) atoms. The second-order valence-electron chi connectivity index (χ2n) is 4.34. The number of nitrogens with one attached hydrogen (secondary N) is 1. The van der Waals surface area contributed by atoms with E-state index in [1.165, 1.54) is 0 Å². The summed E-state index contributed by atoms with van der Waals surface area (Å²) >= 11 is 0. The summed E-state index contributed by atoms with van der Waals surface area (Å²) in [7, 11) is -3.26. The molecule has 1 aromatic heterocycles. The molecule has 1 N–H and O–H groups in total. The van der Waals surface area contributed by atoms with Crippen molar-refractivity contribution < 1.29 is 21.6 Å². The third kappa shape index (κ3) is 2.18. The molecule has 2 rings (SSSR count). The summed E-state index contributed by atoms with van der Waals surface area (Å²) in [5, 5.41) is 1.98. The first-order valence-corrected chi connectivity index (χ1v) is 7.03. The van der Waals surface area contributed by atoms with Crippen LogP contribution in [0.5, 0.6) is 0 Å². The number of aromatic amines is 1. The van der Waals surface area contributed by atoms with Gasteiger partial charge in [-0.15, -0.1) is 0 Å². The van der Waals surface area contributed by atoms with Crippen LogP contribution in [0.3, 0.4) is 0 Å². The number of hydrogen-bond donors (Lipinski definition) is 1. The lowest BCUT2D eigenvalue weighted by molar-refractivity contribution is -0.142. The van der Waals surface area contributed by atoms with Crippen LogP contribution in [0.4, 0.5) is 13.2 Å². The molecule has 0 aliphatic carbocycles. The first-order chi connectivity index (χ1) is 8.12. The van der Waals surface area contributed by atoms with Crippen molar-refractivity contribution in [2.24, 2.45) is 0 Å². The Labute approximate surface area is 101 Å². The van der Waals surface area contributed by atoms with E-state index in [1.54, 1.807) is 0 Å². The summed E-state index contributed by atoms with van der Waals surface area (Å²) in [5.74, 6) is -0.409. The second-order valence-corrected chi connectivity index (χ2v) is 6.57. The van der Waals surface area contributed by atoms with Crippen LogP contribution < -0.4 is 5.56 Å². The molecule has 1 atom stereocenters. The van der Waals surface area contributed by atoms with E-state index in [9.17, 15) is 26.4 Å². The van der Waals surface area contributed by atoms with E-state index in [1.807, 2.05) is 5.10 Å². The number of aromatic nitrogens is 2. The predicted molar refractivity (Wildman–Crippen MR) is 57.1 cm³/mol. The molecule has 0 amide bonds. The van der Waals surface area contributed by atoms with Gasteiger partial charge in [0, 0.05) is 5.56 Å². The monoisotopic (exact) mass is 284 g/mol. The fraction of sp³-hybridized carbons (Fsp3) is 0.667. The lowest BCUT2D eigenvalue weighted by Gasteiger charge is -2.09. The maximum absolute atomic E-state index is 12.6. The molecule has 102 valence electrons. The minimum absolute atomic E-state index is 0.108. The Morgan fingerprint density at radius 2 is 2.00 bits per heavy atom. The summed E-state index contributed by atoms with van der Waals surface area (Å²) in [6.07, 6.45) is -4.49. The van der Waals surface area contributed by atoms with E-state index < -0.39 is 38.9 Å². The predicted octanol–water partition coefficient (Wildman–Crippen LogP) is 0.863. The van der Waals surface area contributed by atoms with Crippen molar-refractivity contribution in [3.8, 4) is 0 Å². The van der Waals surface area contributed by atoms with E-state index in [4.69, 9.17) is 0 Å². The molecule has 1 aliphatic rings. The summed E-state index contributed by atoms with van der Waals surface area (Å²) in [5.41, 5.74) is -2.37. The molecule has 0 bridgehead atoms. The lowest BCUT2D eigenvalue weighted by Crippen LogP contribution is -2.24. The van der Waals surface area contributed by atoms with Gasteiger partial charge < -0.3 is 0 Å². The van der Waals surface area contributed by atoms with Crippen LogP contribution in [0.2, 0.25) is 0 Å². The van der Waals surface area contributed by atoms with E-state index >= 15 is 0 Å². The van der Waals surface area contributed by atoms with Crippen LogP contribution in [0.25, 0.3) is 0 Å². The Balaban J connectivity index is 2.46. The average molecular weight is 284 g/mol. The number of hydrogen-bond acceptors (Lipinski definition) is 3. The molecule has 1 unspecified atom stereocenters. The number of rotatable bonds is 1. The van der Waals surface area contributed by atoms with Crippen LogP contribution >= 0.6 is 0 Å². The highest BCUT2D eigenvalue weighted by Crippen LogP contribution is 2.30. The van der Waals surface area contributed by atoms with E-state index in [0.29, 0.717) is 0 Å². The molecule has 1 fully saturated rings. The first kappa shape index (κ1) is 13.2. The zero-order valence-corrected chi connectivity index (χ0v) is 10.2. The zero-order valence-electron chi connectivity index (χ0n) is 9.41. The standard InChI is InChI=1S/C9H11F3N2O3S/c1-5-7(9(10,11)12)13-14(8(5)15)6-2-3-18(16,17)4-6/h6,13H,2-4H2,1H3. The van der Waals surface area contributed by atoms with Gasteiger partial charge in [-0.1, -0.05) is 0 Å². The van der Waals surface area contributed by atoms with Gasteiger partial charge in [0.2, 0.25) is 0 Å². The van der Waals surface area contributed by atoms with Crippen LogP contribution in [-0.4, -0.2) is 29.7 Å². The van der Waals surface area contributed by atoms with Crippen molar-refractivity contribution in [1.29, 1.82) is 0 Å². The summed E-state index contributed by atoms with van der Waals surface area (Å²) in [6.45, 7) is 1.07. The van der Waals surface area contributed by atoms with Gasteiger partial charge in [-0.25, -0.2) is 13.1 Å². The minimum Gasteiger partial charge on any atom is -0.291 e. The fourth-order valence-electron chi connectivity index (χ4n) is 2.05. The number of halogens is 3. The Kier molecular flexibility index (Phi) is 2.84. The molecule has 1 aliphatic heterocycles. The Hall–Kier alpha value is -1.25. The smallest absolute Gasteiger partial charge is 0.291 e. The van der Waals surface area contributed by atoms with E-state index in [2.05, 4.69) is 0 Å². The molecule has 0 radical (unpaired) electrons. The molecule has 0 spiro atoms. The van der Waals surface area contributed by atoms with Crippen molar-refractivity contribution in [3.05, 3.63) is 21.6 Å². The molecular formula is C9H11F3N2O3S. The normalized spacial score (nSPS) is 23.4. The van der Waals surface area contributed by atoms with Gasteiger partial charge in [-0.2, -0.15) is 13.2 Å². The molecule has 9 heteroatoms. The third-order valence-electron chi connectivity index (χ3n) is 3.00. The van der Waals surface area contributed by atoms with Gasteiger partial charge in [0.05, 0.1) is 17.5 Å². The average Bonchev–Trinajstić information content (AvgIpc) is 2.69.